The first-order valence-corrected chi connectivity index (χ1v) is 4.15. The Labute approximate surface area is 80.8 Å². The molecule has 5 heteroatoms. The Morgan fingerprint density at radius 3 is 2.07 bits per heavy atom. The summed E-state index contributed by atoms with van der Waals surface area (Å²) >= 11 is 0. The van der Waals surface area contributed by atoms with Crippen LogP contribution in [0.5, 0.6) is 0 Å². The molecule has 0 atom stereocenters. The molecule has 0 amide bonds. The summed E-state index contributed by atoms with van der Waals surface area (Å²) in [5, 5.41) is 28.1. The van der Waals surface area contributed by atoms with Crippen LogP contribution < -0.4 is 0 Å². The molecular formula is C9H11NO4. The summed E-state index contributed by atoms with van der Waals surface area (Å²) in [6.45, 7) is -0.345. The van der Waals surface area contributed by atoms with Gasteiger partial charge < -0.3 is 10.2 Å². The van der Waals surface area contributed by atoms with Crippen molar-refractivity contribution in [1.29, 1.82) is 0 Å². The zero-order chi connectivity index (χ0) is 10.6. The minimum atomic E-state index is -0.489. The van der Waals surface area contributed by atoms with Gasteiger partial charge in [-0.25, -0.2) is 0 Å². The highest BCUT2D eigenvalue weighted by Gasteiger charge is 2.10. The van der Waals surface area contributed by atoms with Gasteiger partial charge in [0.2, 0.25) is 0 Å². The molecule has 1 aromatic carbocycles. The SMILES string of the molecule is O=[N+]([O-])c1ccc(C(CO)CO)cc1. The number of rotatable bonds is 4. The molecule has 0 fully saturated rings. The maximum atomic E-state index is 10.3. The second kappa shape index (κ2) is 4.69. The Morgan fingerprint density at radius 2 is 1.71 bits per heavy atom. The van der Waals surface area contributed by atoms with Crippen LogP contribution in [0.15, 0.2) is 24.3 Å². The molecule has 0 unspecified atom stereocenters. The van der Waals surface area contributed by atoms with Crippen LogP contribution in [-0.2, 0) is 0 Å². The largest absolute Gasteiger partial charge is 0.396 e. The van der Waals surface area contributed by atoms with E-state index < -0.39 is 4.92 Å². The van der Waals surface area contributed by atoms with Crippen molar-refractivity contribution in [3.05, 3.63) is 39.9 Å². The van der Waals surface area contributed by atoms with E-state index in [9.17, 15) is 10.1 Å². The van der Waals surface area contributed by atoms with E-state index in [1.54, 1.807) is 0 Å². The summed E-state index contributed by atoms with van der Waals surface area (Å²) < 4.78 is 0. The summed E-state index contributed by atoms with van der Waals surface area (Å²) in [5.41, 5.74) is 0.698. The van der Waals surface area contributed by atoms with Crippen LogP contribution in [-0.4, -0.2) is 28.4 Å². The van der Waals surface area contributed by atoms with Gasteiger partial charge in [0.05, 0.1) is 18.1 Å². The Hall–Kier alpha value is -1.46. The van der Waals surface area contributed by atoms with E-state index in [1.807, 2.05) is 0 Å². The molecule has 0 aliphatic rings. The van der Waals surface area contributed by atoms with E-state index >= 15 is 0 Å². The lowest BCUT2D eigenvalue weighted by Gasteiger charge is -2.10. The minimum absolute atomic E-state index is 0.00313. The zero-order valence-electron chi connectivity index (χ0n) is 7.46. The van der Waals surface area contributed by atoms with Crippen molar-refractivity contribution in [2.45, 2.75) is 5.92 Å². The van der Waals surface area contributed by atoms with Crippen LogP contribution in [0.3, 0.4) is 0 Å². The van der Waals surface area contributed by atoms with Gasteiger partial charge in [-0.3, -0.25) is 10.1 Å². The standard InChI is InChI=1S/C9H11NO4/c11-5-8(6-12)7-1-3-9(4-2-7)10(13)14/h1-4,8,11-12H,5-6H2. The van der Waals surface area contributed by atoms with E-state index in [0.29, 0.717) is 5.56 Å². The van der Waals surface area contributed by atoms with Gasteiger partial charge in [0.15, 0.2) is 0 Å². The molecule has 14 heavy (non-hydrogen) atoms. The Morgan fingerprint density at radius 1 is 1.21 bits per heavy atom. The number of nitrogens with zero attached hydrogens (tertiary/aromatic N) is 1. The third-order valence-corrected chi connectivity index (χ3v) is 2.02. The van der Waals surface area contributed by atoms with Gasteiger partial charge >= 0.3 is 0 Å². The van der Waals surface area contributed by atoms with Gasteiger partial charge in [-0.15, -0.1) is 0 Å². The lowest BCUT2D eigenvalue weighted by atomic mass is 10.0. The third-order valence-electron chi connectivity index (χ3n) is 2.02. The van der Waals surface area contributed by atoms with Crippen molar-refractivity contribution in [3.8, 4) is 0 Å². The molecule has 2 N–H and O–H groups in total. The van der Waals surface area contributed by atoms with Crippen LogP contribution in [0, 0.1) is 10.1 Å². The summed E-state index contributed by atoms with van der Waals surface area (Å²) in [4.78, 5) is 9.84. The molecule has 0 heterocycles. The lowest BCUT2D eigenvalue weighted by molar-refractivity contribution is -0.384. The second-order valence-corrected chi connectivity index (χ2v) is 2.91. The fraction of sp³-hybridized carbons (Fsp3) is 0.333. The van der Waals surface area contributed by atoms with Crippen molar-refractivity contribution < 1.29 is 15.1 Å². The topological polar surface area (TPSA) is 83.6 Å². The molecule has 76 valence electrons. The number of aliphatic hydroxyl groups excluding tert-OH is 2. The molecule has 0 aliphatic carbocycles. The first kappa shape index (κ1) is 10.6. The fourth-order valence-corrected chi connectivity index (χ4v) is 1.14. The smallest absolute Gasteiger partial charge is 0.269 e. The Bertz CT molecular complexity index is 305. The van der Waals surface area contributed by atoms with Crippen molar-refractivity contribution in [3.63, 3.8) is 0 Å². The van der Waals surface area contributed by atoms with Crippen molar-refractivity contribution in [1.82, 2.24) is 0 Å². The number of nitro groups is 1. The quantitative estimate of drug-likeness (QED) is 0.548. The van der Waals surface area contributed by atoms with Gasteiger partial charge in [-0.2, -0.15) is 0 Å². The van der Waals surface area contributed by atoms with Crippen molar-refractivity contribution in [2.24, 2.45) is 0 Å². The molecule has 0 aromatic heterocycles. The van der Waals surface area contributed by atoms with Gasteiger partial charge in [0.1, 0.15) is 0 Å². The first-order chi connectivity index (χ1) is 6.69. The monoisotopic (exact) mass is 197 g/mol. The highest BCUT2D eigenvalue weighted by Crippen LogP contribution is 2.18. The molecule has 0 saturated carbocycles. The van der Waals surface area contributed by atoms with Gasteiger partial charge in [0.25, 0.3) is 5.69 Å². The zero-order valence-corrected chi connectivity index (χ0v) is 7.46. The van der Waals surface area contributed by atoms with E-state index in [0.717, 1.165) is 0 Å². The van der Waals surface area contributed by atoms with Crippen LogP contribution in [0.2, 0.25) is 0 Å². The summed E-state index contributed by atoms with van der Waals surface area (Å²) in [5.74, 6) is -0.365. The van der Waals surface area contributed by atoms with Crippen LogP contribution >= 0.6 is 0 Å². The predicted octanol–water partition coefficient (Wildman–Crippen LogP) is 0.663. The number of non-ortho nitro benzene ring substituents is 1. The first-order valence-electron chi connectivity index (χ1n) is 4.15. The number of nitro benzene ring substituents is 1. The molecule has 0 radical (unpaired) electrons. The molecule has 0 spiro atoms. The van der Waals surface area contributed by atoms with E-state index in [-0.39, 0.29) is 24.8 Å². The van der Waals surface area contributed by atoms with E-state index in [1.165, 1.54) is 24.3 Å². The highest BCUT2D eigenvalue weighted by molar-refractivity contribution is 5.34. The summed E-state index contributed by atoms with van der Waals surface area (Å²) in [6.07, 6.45) is 0. The van der Waals surface area contributed by atoms with Crippen LogP contribution in [0.25, 0.3) is 0 Å². The average molecular weight is 197 g/mol. The average Bonchev–Trinajstić information content (AvgIpc) is 2.20. The van der Waals surface area contributed by atoms with E-state index in [4.69, 9.17) is 10.2 Å². The van der Waals surface area contributed by atoms with Crippen molar-refractivity contribution in [2.75, 3.05) is 13.2 Å². The van der Waals surface area contributed by atoms with Crippen molar-refractivity contribution >= 4 is 5.69 Å². The highest BCUT2D eigenvalue weighted by atomic mass is 16.6. The van der Waals surface area contributed by atoms with Crippen LogP contribution in [0.4, 0.5) is 5.69 Å². The lowest BCUT2D eigenvalue weighted by Crippen LogP contribution is -2.08. The fourth-order valence-electron chi connectivity index (χ4n) is 1.14. The van der Waals surface area contributed by atoms with Gasteiger partial charge in [-0.1, -0.05) is 12.1 Å². The molecule has 0 saturated heterocycles. The van der Waals surface area contributed by atoms with E-state index in [2.05, 4.69) is 0 Å². The maximum absolute atomic E-state index is 10.3. The third kappa shape index (κ3) is 2.27. The molecule has 5 nitrogen and oxygen atoms in total. The Kier molecular flexibility index (Phi) is 3.55. The molecule has 0 aliphatic heterocycles. The number of benzene rings is 1. The second-order valence-electron chi connectivity index (χ2n) is 2.91. The molecule has 1 aromatic rings. The Balaban J connectivity index is 2.87. The maximum Gasteiger partial charge on any atom is 0.269 e. The van der Waals surface area contributed by atoms with Gasteiger partial charge in [0, 0.05) is 18.1 Å². The molecule has 1 rings (SSSR count). The van der Waals surface area contributed by atoms with Gasteiger partial charge in [-0.05, 0) is 5.56 Å². The molecular weight excluding hydrogens is 186 g/mol. The number of hydrogen-bond acceptors (Lipinski definition) is 4. The van der Waals surface area contributed by atoms with Crippen LogP contribution in [0.1, 0.15) is 11.5 Å². The number of hydrogen-bond donors (Lipinski definition) is 2. The normalized spacial score (nSPS) is 10.5. The predicted molar refractivity (Wildman–Crippen MR) is 50.0 cm³/mol. The number of aliphatic hydroxyl groups is 2. The summed E-state index contributed by atoms with van der Waals surface area (Å²) in [7, 11) is 0. The molecule has 0 bridgehead atoms. The minimum Gasteiger partial charge on any atom is -0.396 e. The summed E-state index contributed by atoms with van der Waals surface area (Å²) in [6, 6.07) is 5.78.